The molecule has 7 heavy (non-hydrogen) atoms. The molecule has 0 fully saturated rings. The van der Waals surface area contributed by atoms with Crippen LogP contribution in [0.15, 0.2) is 0 Å². The van der Waals surface area contributed by atoms with E-state index < -0.39 is 10.4 Å². The second kappa shape index (κ2) is 5.88. The monoisotopic (exact) mass is 202 g/mol. The van der Waals surface area contributed by atoms with Gasteiger partial charge in [0.15, 0.2) is 0 Å². The van der Waals surface area contributed by atoms with Gasteiger partial charge in [0, 0.05) is 57.2 Å². The molecule has 4 nitrogen and oxygen atoms in total. The van der Waals surface area contributed by atoms with Gasteiger partial charge in [-0.3, -0.25) is 9.11 Å². The van der Waals surface area contributed by atoms with Gasteiger partial charge in [-0.05, 0) is 0 Å². The Labute approximate surface area is 84.0 Å². The maximum absolute atomic E-state index is 8.74. The summed E-state index contributed by atoms with van der Waals surface area (Å²) < 4.78 is 31.6. The zero-order chi connectivity index (χ0) is 4.50. The van der Waals surface area contributed by atoms with E-state index in [0.29, 0.717) is 0 Å². The molecule has 0 bridgehead atoms. The average molecular weight is 204 g/mol. The Kier molecular flexibility index (Phi) is 13.4. The minimum Gasteiger partial charge on any atom is -0.264 e. The second-order valence-electron chi connectivity index (χ2n) is 0.448. The standard InChI is InChI=1S/Ca.H2O4S.Zn/c;1-5(2,3)4;/h;(H2,1,2,3,4);. The molecule has 7 heteroatoms. The zero-order valence-electron chi connectivity index (χ0n) is 3.53. The van der Waals surface area contributed by atoms with E-state index in [1.54, 1.807) is 0 Å². The molecule has 0 unspecified atom stereocenters. The first-order chi connectivity index (χ1) is 2.00. The van der Waals surface area contributed by atoms with Crippen LogP contribution in [-0.2, 0) is 29.9 Å². The smallest absolute Gasteiger partial charge is 0.264 e. The van der Waals surface area contributed by atoms with Gasteiger partial charge in [-0.15, -0.1) is 0 Å². The quantitative estimate of drug-likeness (QED) is 0.390. The third-order valence-electron chi connectivity index (χ3n) is 0. The van der Waals surface area contributed by atoms with Crippen LogP contribution >= 0.6 is 0 Å². The molecule has 0 atom stereocenters. The summed E-state index contributed by atoms with van der Waals surface area (Å²) in [6.07, 6.45) is 0. The summed E-state index contributed by atoms with van der Waals surface area (Å²) in [6, 6.07) is 0. The van der Waals surface area contributed by atoms with Gasteiger partial charge in [-0.1, -0.05) is 0 Å². The Bertz CT molecular complexity index is 94.9. The van der Waals surface area contributed by atoms with Crippen molar-refractivity contribution in [3.63, 3.8) is 0 Å². The summed E-state index contributed by atoms with van der Waals surface area (Å²) in [6.45, 7) is 0. The third kappa shape index (κ3) is 83.5. The third-order valence-corrected chi connectivity index (χ3v) is 0. The Balaban J connectivity index is -0.0000000800. The van der Waals surface area contributed by atoms with Crippen LogP contribution < -0.4 is 0 Å². The van der Waals surface area contributed by atoms with Crippen LogP contribution in [0.1, 0.15) is 0 Å². The Morgan fingerprint density at radius 2 is 1.14 bits per heavy atom. The summed E-state index contributed by atoms with van der Waals surface area (Å²) in [5.74, 6) is 0. The molecule has 0 aromatic heterocycles. The zero-order valence-corrected chi connectivity index (χ0v) is 9.53. The van der Waals surface area contributed by atoms with Gasteiger partial charge in [0.1, 0.15) is 0 Å². The molecule has 0 amide bonds. The predicted molar refractivity (Wildman–Crippen MR) is 19.9 cm³/mol. The van der Waals surface area contributed by atoms with Crippen molar-refractivity contribution in [2.75, 3.05) is 0 Å². The van der Waals surface area contributed by atoms with Crippen molar-refractivity contribution in [1.82, 2.24) is 0 Å². The van der Waals surface area contributed by atoms with Crippen molar-refractivity contribution in [2.24, 2.45) is 0 Å². The molecule has 2 N–H and O–H groups in total. The van der Waals surface area contributed by atoms with Gasteiger partial charge in [0.25, 0.3) is 0 Å². The van der Waals surface area contributed by atoms with E-state index >= 15 is 0 Å². The Hall–Kier alpha value is 1.75. The average Bonchev–Trinajstić information content (AvgIpc) is 0.722. The van der Waals surface area contributed by atoms with Gasteiger partial charge in [0.2, 0.25) is 0 Å². The maximum Gasteiger partial charge on any atom is 0.394 e. The molecule has 2 radical (unpaired) electrons. The largest absolute Gasteiger partial charge is 0.394 e. The van der Waals surface area contributed by atoms with Gasteiger partial charge in [0.05, 0.1) is 0 Å². The fourth-order valence-electron chi connectivity index (χ4n) is 0. The first-order valence-corrected chi connectivity index (χ1v) is 2.10. The molecular formula is H2CaO4SZn. The van der Waals surface area contributed by atoms with Crippen LogP contribution in [0.3, 0.4) is 0 Å². The predicted octanol–water partition coefficient (Wildman–Crippen LogP) is -1.04. The van der Waals surface area contributed by atoms with E-state index in [4.69, 9.17) is 17.5 Å². The molecule has 0 heterocycles. The summed E-state index contributed by atoms with van der Waals surface area (Å²) >= 11 is 0. The minimum atomic E-state index is -4.67. The van der Waals surface area contributed by atoms with Crippen LogP contribution in [0.25, 0.3) is 0 Å². The van der Waals surface area contributed by atoms with E-state index in [2.05, 4.69) is 0 Å². The Morgan fingerprint density at radius 3 is 1.14 bits per heavy atom. The first-order valence-electron chi connectivity index (χ1n) is 0.698. The molecular weight excluding hydrogens is 202 g/mol. The van der Waals surface area contributed by atoms with E-state index in [1.165, 1.54) is 0 Å². The maximum atomic E-state index is 8.74. The molecule has 0 spiro atoms. The fourth-order valence-corrected chi connectivity index (χ4v) is 0. The molecule has 0 aliphatic carbocycles. The molecule has 0 saturated heterocycles. The first kappa shape index (κ1) is 15.9. The molecule has 0 aromatic rings. The van der Waals surface area contributed by atoms with Gasteiger partial charge in [-0.2, -0.15) is 8.42 Å². The summed E-state index contributed by atoms with van der Waals surface area (Å²) in [5, 5.41) is 0. The SMILES string of the molecule is O=S(=O)(O)O.[Ca].[Zn]. The van der Waals surface area contributed by atoms with Crippen molar-refractivity contribution < 1.29 is 37.0 Å². The molecule has 0 rings (SSSR count). The van der Waals surface area contributed by atoms with Crippen molar-refractivity contribution in [2.45, 2.75) is 0 Å². The normalized spacial score (nSPS) is 8.29. The van der Waals surface area contributed by atoms with E-state index in [-0.39, 0.29) is 57.2 Å². The van der Waals surface area contributed by atoms with Gasteiger partial charge < -0.3 is 0 Å². The fraction of sp³-hybridized carbons (Fsp3) is 0. The Morgan fingerprint density at radius 1 is 1.14 bits per heavy atom. The summed E-state index contributed by atoms with van der Waals surface area (Å²) in [5.41, 5.74) is 0. The minimum absolute atomic E-state index is 0. The summed E-state index contributed by atoms with van der Waals surface area (Å²) in [4.78, 5) is 0. The topological polar surface area (TPSA) is 74.6 Å². The van der Waals surface area contributed by atoms with Gasteiger partial charge in [-0.25, -0.2) is 0 Å². The van der Waals surface area contributed by atoms with Crippen molar-refractivity contribution >= 4 is 48.1 Å². The van der Waals surface area contributed by atoms with Crippen LogP contribution in [0.2, 0.25) is 0 Å². The number of rotatable bonds is 0. The van der Waals surface area contributed by atoms with E-state index in [0.717, 1.165) is 0 Å². The van der Waals surface area contributed by atoms with Crippen molar-refractivity contribution in [3.8, 4) is 0 Å². The van der Waals surface area contributed by atoms with Crippen LogP contribution in [0.5, 0.6) is 0 Å². The van der Waals surface area contributed by atoms with E-state index in [9.17, 15) is 0 Å². The van der Waals surface area contributed by atoms with Crippen molar-refractivity contribution in [3.05, 3.63) is 0 Å². The van der Waals surface area contributed by atoms with Gasteiger partial charge >= 0.3 is 10.4 Å². The second-order valence-corrected chi connectivity index (χ2v) is 1.34. The summed E-state index contributed by atoms with van der Waals surface area (Å²) in [7, 11) is -4.67. The molecule has 36 valence electrons. The van der Waals surface area contributed by atoms with Crippen molar-refractivity contribution in [1.29, 1.82) is 0 Å². The molecule has 0 saturated carbocycles. The number of hydrogen-bond acceptors (Lipinski definition) is 2. The molecule has 0 aromatic carbocycles. The van der Waals surface area contributed by atoms with E-state index in [1.807, 2.05) is 0 Å². The van der Waals surface area contributed by atoms with Crippen LogP contribution in [0, 0.1) is 0 Å². The van der Waals surface area contributed by atoms with Crippen LogP contribution in [0.4, 0.5) is 0 Å². The molecule has 0 aliphatic rings. The molecule has 0 aliphatic heterocycles. The number of hydrogen-bond donors (Lipinski definition) is 2. The van der Waals surface area contributed by atoms with Crippen LogP contribution in [-0.4, -0.2) is 55.3 Å².